The van der Waals surface area contributed by atoms with Crippen molar-refractivity contribution in [2.75, 3.05) is 26.2 Å². The van der Waals surface area contributed by atoms with E-state index < -0.39 is 11.8 Å². The third-order valence-electron chi connectivity index (χ3n) is 3.92. The maximum Gasteiger partial charge on any atom is 0.312 e. The lowest BCUT2D eigenvalue weighted by molar-refractivity contribution is -0.147. The van der Waals surface area contributed by atoms with E-state index in [1.54, 1.807) is 24.8 Å². The topological polar surface area (TPSA) is 82.6 Å². The largest absolute Gasteiger partial charge is 0.346 e. The summed E-state index contributed by atoms with van der Waals surface area (Å²) in [6.45, 7) is 8.84. The number of carbonyl (C=O) groups is 3. The molecule has 7 nitrogen and oxygen atoms in total. The number of piperazine rings is 1. The molecule has 24 heavy (non-hydrogen) atoms. The maximum absolute atomic E-state index is 12.6. The molecule has 2 heterocycles. The van der Waals surface area contributed by atoms with Crippen molar-refractivity contribution in [2.45, 2.75) is 33.7 Å². The van der Waals surface area contributed by atoms with Crippen molar-refractivity contribution in [2.24, 2.45) is 0 Å². The van der Waals surface area contributed by atoms with E-state index >= 15 is 0 Å². The lowest BCUT2D eigenvalue weighted by Crippen LogP contribution is -2.54. The van der Waals surface area contributed by atoms with Crippen molar-refractivity contribution in [3.63, 3.8) is 0 Å². The number of pyridine rings is 1. The summed E-state index contributed by atoms with van der Waals surface area (Å²) in [5.41, 5.74) is 2.16. The molecule has 1 aromatic rings. The average Bonchev–Trinajstić information content (AvgIpc) is 2.53. The van der Waals surface area contributed by atoms with Gasteiger partial charge in [-0.2, -0.15) is 0 Å². The molecule has 0 atom stereocenters. The van der Waals surface area contributed by atoms with Gasteiger partial charge < -0.3 is 15.1 Å². The number of nitrogens with one attached hydrogen (secondary N) is 1. The Morgan fingerprint density at radius 3 is 2.17 bits per heavy atom. The van der Waals surface area contributed by atoms with Crippen LogP contribution in [0.25, 0.3) is 0 Å². The minimum atomic E-state index is -0.594. The molecular formula is C17H24N4O3. The Morgan fingerprint density at radius 2 is 1.62 bits per heavy atom. The van der Waals surface area contributed by atoms with E-state index in [0.29, 0.717) is 37.4 Å². The van der Waals surface area contributed by atoms with Crippen LogP contribution in [0.1, 0.15) is 35.6 Å². The zero-order valence-corrected chi connectivity index (χ0v) is 14.6. The van der Waals surface area contributed by atoms with Gasteiger partial charge in [0.05, 0.1) is 11.3 Å². The molecule has 130 valence electrons. The Labute approximate surface area is 142 Å². The van der Waals surface area contributed by atoms with E-state index in [9.17, 15) is 14.4 Å². The molecule has 2 rings (SSSR count). The zero-order chi connectivity index (χ0) is 17.9. The first-order valence-corrected chi connectivity index (χ1v) is 8.13. The zero-order valence-electron chi connectivity index (χ0n) is 14.6. The summed E-state index contributed by atoms with van der Waals surface area (Å²) in [6, 6.07) is 3.52. The molecule has 0 unspecified atom stereocenters. The summed E-state index contributed by atoms with van der Waals surface area (Å²) in [6.07, 6.45) is 0. The third-order valence-corrected chi connectivity index (χ3v) is 3.92. The van der Waals surface area contributed by atoms with Gasteiger partial charge in [-0.25, -0.2) is 0 Å². The summed E-state index contributed by atoms with van der Waals surface area (Å²) in [5.74, 6) is -1.22. The average molecular weight is 332 g/mol. The second kappa shape index (κ2) is 7.42. The fourth-order valence-electron chi connectivity index (χ4n) is 2.66. The number of aryl methyl sites for hydroxylation is 2. The van der Waals surface area contributed by atoms with Crippen LogP contribution in [0.5, 0.6) is 0 Å². The molecule has 0 spiro atoms. The highest BCUT2D eigenvalue weighted by atomic mass is 16.2. The van der Waals surface area contributed by atoms with Crippen molar-refractivity contribution in [1.82, 2.24) is 20.1 Å². The van der Waals surface area contributed by atoms with Crippen molar-refractivity contribution < 1.29 is 14.4 Å². The van der Waals surface area contributed by atoms with E-state index in [0.717, 1.165) is 5.69 Å². The summed E-state index contributed by atoms with van der Waals surface area (Å²) >= 11 is 0. The monoisotopic (exact) mass is 332 g/mol. The second-order valence-corrected chi connectivity index (χ2v) is 6.30. The van der Waals surface area contributed by atoms with Crippen LogP contribution < -0.4 is 5.32 Å². The number of carbonyl (C=O) groups excluding carboxylic acids is 3. The Kier molecular flexibility index (Phi) is 5.54. The SMILES string of the molecule is Cc1ccc(C(=O)N2CCN(C(=O)C(=O)NC(C)C)CC2)c(C)n1. The van der Waals surface area contributed by atoms with Crippen molar-refractivity contribution in [1.29, 1.82) is 0 Å². The van der Waals surface area contributed by atoms with Gasteiger partial charge in [0, 0.05) is 37.9 Å². The summed E-state index contributed by atoms with van der Waals surface area (Å²) < 4.78 is 0. The third kappa shape index (κ3) is 4.10. The highest BCUT2D eigenvalue weighted by Gasteiger charge is 2.29. The molecule has 7 heteroatoms. The molecule has 0 saturated carbocycles. The number of rotatable bonds is 2. The molecule has 1 aliphatic rings. The fraction of sp³-hybridized carbons (Fsp3) is 0.529. The van der Waals surface area contributed by atoms with Crippen LogP contribution in [0.4, 0.5) is 0 Å². The second-order valence-electron chi connectivity index (χ2n) is 6.30. The van der Waals surface area contributed by atoms with Crippen LogP contribution in [-0.2, 0) is 9.59 Å². The Balaban J connectivity index is 1.96. The molecule has 1 aliphatic heterocycles. The molecule has 1 saturated heterocycles. The van der Waals surface area contributed by atoms with Crippen molar-refractivity contribution >= 4 is 17.7 Å². The molecule has 0 radical (unpaired) electrons. The minimum absolute atomic E-state index is 0.0821. The Morgan fingerprint density at radius 1 is 1.04 bits per heavy atom. The standard InChI is InChI=1S/C17H24N4O3/c1-11(2)18-15(22)17(24)21-9-7-20(8-10-21)16(23)14-6-5-12(3)19-13(14)4/h5-6,11H,7-10H2,1-4H3,(H,18,22). The van der Waals surface area contributed by atoms with Crippen molar-refractivity contribution in [3.8, 4) is 0 Å². The number of nitrogens with zero attached hydrogens (tertiary/aromatic N) is 3. The van der Waals surface area contributed by atoms with Gasteiger partial charge in [0.25, 0.3) is 5.91 Å². The first-order valence-electron chi connectivity index (χ1n) is 8.13. The molecule has 0 bridgehead atoms. The Hall–Kier alpha value is -2.44. The van der Waals surface area contributed by atoms with E-state index in [1.165, 1.54) is 4.90 Å². The first kappa shape index (κ1) is 17.9. The maximum atomic E-state index is 12.6. The van der Waals surface area contributed by atoms with Gasteiger partial charge in [-0.05, 0) is 39.8 Å². The van der Waals surface area contributed by atoms with E-state index in [-0.39, 0.29) is 11.9 Å². The van der Waals surface area contributed by atoms with Crippen molar-refractivity contribution in [3.05, 3.63) is 29.1 Å². The molecule has 1 fully saturated rings. The summed E-state index contributed by atoms with van der Waals surface area (Å²) in [5, 5.41) is 2.59. The quantitative estimate of drug-likeness (QED) is 0.800. The molecule has 0 aliphatic carbocycles. The van der Waals surface area contributed by atoms with Crippen LogP contribution in [-0.4, -0.2) is 64.7 Å². The number of hydrogen-bond donors (Lipinski definition) is 1. The highest BCUT2D eigenvalue weighted by Crippen LogP contribution is 2.12. The molecule has 0 aromatic carbocycles. The van der Waals surface area contributed by atoms with Gasteiger partial charge in [0.15, 0.2) is 0 Å². The number of amides is 3. The van der Waals surface area contributed by atoms with E-state index in [2.05, 4.69) is 10.3 Å². The normalized spacial score (nSPS) is 14.7. The van der Waals surface area contributed by atoms with Gasteiger partial charge >= 0.3 is 11.8 Å². The highest BCUT2D eigenvalue weighted by molar-refractivity contribution is 6.35. The molecular weight excluding hydrogens is 308 g/mol. The summed E-state index contributed by atoms with van der Waals surface area (Å²) in [7, 11) is 0. The molecule has 1 aromatic heterocycles. The van der Waals surface area contributed by atoms with Crippen LogP contribution in [0.2, 0.25) is 0 Å². The first-order chi connectivity index (χ1) is 11.3. The van der Waals surface area contributed by atoms with E-state index in [1.807, 2.05) is 19.9 Å². The van der Waals surface area contributed by atoms with E-state index in [4.69, 9.17) is 0 Å². The van der Waals surface area contributed by atoms with Gasteiger partial charge in [0.2, 0.25) is 0 Å². The predicted molar refractivity (Wildman–Crippen MR) is 89.5 cm³/mol. The van der Waals surface area contributed by atoms with Crippen LogP contribution in [0.15, 0.2) is 12.1 Å². The fourth-order valence-corrected chi connectivity index (χ4v) is 2.66. The van der Waals surface area contributed by atoms with Gasteiger partial charge in [-0.3, -0.25) is 19.4 Å². The smallest absolute Gasteiger partial charge is 0.312 e. The van der Waals surface area contributed by atoms with Gasteiger partial charge in [-0.1, -0.05) is 0 Å². The van der Waals surface area contributed by atoms with Crippen LogP contribution in [0, 0.1) is 13.8 Å². The van der Waals surface area contributed by atoms with Crippen LogP contribution >= 0.6 is 0 Å². The van der Waals surface area contributed by atoms with Gasteiger partial charge in [0.1, 0.15) is 0 Å². The summed E-state index contributed by atoms with van der Waals surface area (Å²) in [4.78, 5) is 43.9. The number of aromatic nitrogens is 1. The molecule has 3 amide bonds. The molecule has 1 N–H and O–H groups in total. The van der Waals surface area contributed by atoms with Crippen LogP contribution in [0.3, 0.4) is 0 Å². The number of hydrogen-bond acceptors (Lipinski definition) is 4. The predicted octanol–water partition coefficient (Wildman–Crippen LogP) is 0.507. The Bertz CT molecular complexity index is 649. The van der Waals surface area contributed by atoms with Gasteiger partial charge in [-0.15, -0.1) is 0 Å². The lowest BCUT2D eigenvalue weighted by Gasteiger charge is -2.34. The minimum Gasteiger partial charge on any atom is -0.346 e. The lowest BCUT2D eigenvalue weighted by atomic mass is 10.1.